The van der Waals surface area contributed by atoms with Crippen molar-refractivity contribution in [1.82, 2.24) is 4.31 Å². The Labute approximate surface area is 188 Å². The van der Waals surface area contributed by atoms with E-state index in [0.29, 0.717) is 36.6 Å². The summed E-state index contributed by atoms with van der Waals surface area (Å²) >= 11 is 0. The number of sulfonamides is 1. The Morgan fingerprint density at radius 2 is 1.69 bits per heavy atom. The van der Waals surface area contributed by atoms with E-state index in [1.807, 2.05) is 6.07 Å². The molecule has 1 N–H and O–H groups in total. The van der Waals surface area contributed by atoms with Crippen LogP contribution in [0.25, 0.3) is 0 Å². The Balaban J connectivity index is 1.62. The van der Waals surface area contributed by atoms with Gasteiger partial charge in [0.1, 0.15) is 13.2 Å². The standard InChI is InChI=1S/C24H27NO6S/c1-15-9-17(23(26)27)11-22(16(15)2)32(28,29)25-13-18-10-20-21(31-8-7-30-20)12-19(18)24(14-25)5-3-4-6-24/h9-12H,3-8,13-14H2,1-2H3,(H,26,27). The molecule has 1 aliphatic carbocycles. The van der Waals surface area contributed by atoms with Crippen LogP contribution in [0.2, 0.25) is 0 Å². The van der Waals surface area contributed by atoms with Crippen molar-refractivity contribution in [1.29, 1.82) is 0 Å². The first-order valence-corrected chi connectivity index (χ1v) is 12.4. The minimum Gasteiger partial charge on any atom is -0.486 e. The third-order valence-corrected chi connectivity index (χ3v) is 9.13. The highest BCUT2D eigenvalue weighted by Crippen LogP contribution is 2.50. The molecule has 0 saturated heterocycles. The molecule has 0 amide bonds. The van der Waals surface area contributed by atoms with Gasteiger partial charge in [0.15, 0.2) is 11.5 Å². The lowest BCUT2D eigenvalue weighted by Crippen LogP contribution is -2.47. The predicted octanol–water partition coefficient (Wildman–Crippen LogP) is 3.79. The average Bonchev–Trinajstić information content (AvgIpc) is 3.23. The zero-order chi connectivity index (χ0) is 22.7. The highest BCUT2D eigenvalue weighted by atomic mass is 32.2. The van der Waals surface area contributed by atoms with E-state index >= 15 is 0 Å². The van der Waals surface area contributed by atoms with Crippen LogP contribution in [0, 0.1) is 13.8 Å². The Morgan fingerprint density at radius 1 is 1.03 bits per heavy atom. The highest BCUT2D eigenvalue weighted by Gasteiger charge is 2.46. The topological polar surface area (TPSA) is 93.1 Å². The van der Waals surface area contributed by atoms with Gasteiger partial charge in [-0.15, -0.1) is 0 Å². The number of carboxylic acid groups (broad SMARTS) is 1. The highest BCUT2D eigenvalue weighted by molar-refractivity contribution is 7.89. The summed E-state index contributed by atoms with van der Waals surface area (Å²) in [5, 5.41) is 9.48. The third-order valence-electron chi connectivity index (χ3n) is 7.21. The molecule has 5 rings (SSSR count). The van der Waals surface area contributed by atoms with Crippen molar-refractivity contribution in [3.63, 3.8) is 0 Å². The predicted molar refractivity (Wildman–Crippen MR) is 118 cm³/mol. The summed E-state index contributed by atoms with van der Waals surface area (Å²) in [6.45, 7) is 5.08. The van der Waals surface area contributed by atoms with Crippen LogP contribution in [-0.2, 0) is 22.0 Å². The van der Waals surface area contributed by atoms with E-state index in [1.165, 1.54) is 16.4 Å². The van der Waals surface area contributed by atoms with Crippen LogP contribution in [0.15, 0.2) is 29.2 Å². The molecule has 0 bridgehead atoms. The van der Waals surface area contributed by atoms with Gasteiger partial charge in [0, 0.05) is 18.5 Å². The molecule has 7 nitrogen and oxygen atoms in total. The summed E-state index contributed by atoms with van der Waals surface area (Å²) < 4.78 is 40.8. The zero-order valence-electron chi connectivity index (χ0n) is 18.3. The van der Waals surface area contributed by atoms with Gasteiger partial charge in [-0.3, -0.25) is 0 Å². The quantitative estimate of drug-likeness (QED) is 0.754. The molecule has 2 aromatic carbocycles. The van der Waals surface area contributed by atoms with Crippen LogP contribution < -0.4 is 9.47 Å². The summed E-state index contributed by atoms with van der Waals surface area (Å²) in [6.07, 6.45) is 3.93. The van der Waals surface area contributed by atoms with Crippen molar-refractivity contribution >= 4 is 16.0 Å². The summed E-state index contributed by atoms with van der Waals surface area (Å²) in [5.74, 6) is 0.255. The number of hydrogen-bond acceptors (Lipinski definition) is 5. The first-order valence-electron chi connectivity index (χ1n) is 11.0. The molecule has 2 aliphatic heterocycles. The van der Waals surface area contributed by atoms with E-state index in [-0.39, 0.29) is 22.4 Å². The monoisotopic (exact) mass is 457 g/mol. The van der Waals surface area contributed by atoms with Gasteiger partial charge in [0.25, 0.3) is 0 Å². The van der Waals surface area contributed by atoms with Gasteiger partial charge >= 0.3 is 5.97 Å². The van der Waals surface area contributed by atoms with E-state index < -0.39 is 16.0 Å². The lowest BCUT2D eigenvalue weighted by molar-refractivity contribution is 0.0696. The summed E-state index contributed by atoms with van der Waals surface area (Å²) in [7, 11) is -3.90. The molecule has 32 heavy (non-hydrogen) atoms. The van der Waals surface area contributed by atoms with Crippen molar-refractivity contribution in [3.8, 4) is 11.5 Å². The van der Waals surface area contributed by atoms with E-state index in [1.54, 1.807) is 13.8 Å². The van der Waals surface area contributed by atoms with E-state index in [9.17, 15) is 18.3 Å². The lowest BCUT2D eigenvalue weighted by Gasteiger charge is -2.42. The van der Waals surface area contributed by atoms with Crippen LogP contribution in [-0.4, -0.2) is 43.6 Å². The van der Waals surface area contributed by atoms with Crippen LogP contribution in [0.3, 0.4) is 0 Å². The second-order valence-corrected chi connectivity index (χ2v) is 11.0. The van der Waals surface area contributed by atoms with Crippen LogP contribution >= 0.6 is 0 Å². The third kappa shape index (κ3) is 3.28. The summed E-state index contributed by atoms with van der Waals surface area (Å²) in [6, 6.07) is 6.79. The van der Waals surface area contributed by atoms with Crippen molar-refractivity contribution in [3.05, 3.63) is 52.1 Å². The molecule has 0 radical (unpaired) electrons. The smallest absolute Gasteiger partial charge is 0.335 e. The Hall–Kier alpha value is -2.58. The number of aryl methyl sites for hydroxylation is 1. The number of fused-ring (bicyclic) bond motifs is 3. The van der Waals surface area contributed by atoms with Gasteiger partial charge in [0.2, 0.25) is 10.0 Å². The molecule has 1 fully saturated rings. The number of hydrogen-bond donors (Lipinski definition) is 1. The second-order valence-electron chi connectivity index (χ2n) is 9.13. The molecule has 2 heterocycles. The van der Waals surface area contributed by atoms with Gasteiger partial charge < -0.3 is 14.6 Å². The van der Waals surface area contributed by atoms with E-state index in [4.69, 9.17) is 9.47 Å². The molecule has 8 heteroatoms. The van der Waals surface area contributed by atoms with Crippen LogP contribution in [0.4, 0.5) is 0 Å². The van der Waals surface area contributed by atoms with Crippen LogP contribution in [0.1, 0.15) is 58.3 Å². The molecule has 3 aliphatic rings. The maximum Gasteiger partial charge on any atom is 0.335 e. The Bertz CT molecular complexity index is 1210. The molecule has 2 aromatic rings. The van der Waals surface area contributed by atoms with Crippen molar-refractivity contribution < 1.29 is 27.8 Å². The number of aromatic carboxylic acids is 1. The van der Waals surface area contributed by atoms with Crippen molar-refractivity contribution in [2.45, 2.75) is 56.4 Å². The fourth-order valence-electron chi connectivity index (χ4n) is 5.43. The van der Waals surface area contributed by atoms with Gasteiger partial charge in [-0.25, -0.2) is 13.2 Å². The average molecular weight is 458 g/mol. The molecular formula is C24H27NO6S. The largest absolute Gasteiger partial charge is 0.486 e. The number of carbonyl (C=O) groups is 1. The van der Waals surface area contributed by atoms with Gasteiger partial charge in [-0.2, -0.15) is 4.31 Å². The summed E-state index contributed by atoms with van der Waals surface area (Å²) in [5.41, 5.74) is 3.07. The second kappa shape index (κ2) is 7.49. The minimum absolute atomic E-state index is 0.0146. The van der Waals surface area contributed by atoms with Crippen molar-refractivity contribution in [2.24, 2.45) is 0 Å². The van der Waals surface area contributed by atoms with Crippen LogP contribution in [0.5, 0.6) is 11.5 Å². The minimum atomic E-state index is -3.90. The normalized spacial score (nSPS) is 19.7. The number of benzene rings is 2. The maximum absolute atomic E-state index is 13.9. The van der Waals surface area contributed by atoms with E-state index in [2.05, 4.69) is 6.07 Å². The zero-order valence-corrected chi connectivity index (χ0v) is 19.1. The first-order chi connectivity index (χ1) is 15.2. The SMILES string of the molecule is Cc1cc(C(=O)O)cc(S(=O)(=O)N2Cc3cc4c(cc3C3(CCCC3)C2)OCCO4)c1C. The molecule has 0 unspecified atom stereocenters. The van der Waals surface area contributed by atoms with Gasteiger partial charge in [-0.05, 0) is 73.2 Å². The molecule has 1 saturated carbocycles. The van der Waals surface area contributed by atoms with Gasteiger partial charge in [-0.1, -0.05) is 12.8 Å². The fraction of sp³-hybridized carbons (Fsp3) is 0.458. The number of ether oxygens (including phenoxy) is 2. The number of carboxylic acids is 1. The first kappa shape index (κ1) is 21.3. The summed E-state index contributed by atoms with van der Waals surface area (Å²) in [4.78, 5) is 11.7. The number of rotatable bonds is 3. The molecule has 0 aromatic heterocycles. The lowest BCUT2D eigenvalue weighted by atomic mass is 9.74. The molecular weight excluding hydrogens is 430 g/mol. The molecule has 170 valence electrons. The van der Waals surface area contributed by atoms with E-state index in [0.717, 1.165) is 42.6 Å². The molecule has 1 spiro atoms. The fourth-order valence-corrected chi connectivity index (χ4v) is 7.26. The van der Waals surface area contributed by atoms with Gasteiger partial charge in [0.05, 0.1) is 10.5 Å². The Kier molecular flexibility index (Phi) is 4.98. The number of nitrogens with zero attached hydrogens (tertiary/aromatic N) is 1. The Morgan fingerprint density at radius 3 is 2.34 bits per heavy atom. The maximum atomic E-state index is 13.9. The van der Waals surface area contributed by atoms with Crippen molar-refractivity contribution in [2.75, 3.05) is 19.8 Å². The molecule has 0 atom stereocenters.